The lowest BCUT2D eigenvalue weighted by atomic mass is 10.3. The number of ether oxygens (including phenoxy) is 2. The Hall–Kier alpha value is -0.880. The van der Waals surface area contributed by atoms with Gasteiger partial charge in [0.1, 0.15) is 0 Å². The molecule has 2 N–H and O–H groups in total. The number of carbonyl (C=O) groups excluding carboxylic acids is 1. The number of sulfonamides is 1. The van der Waals surface area contributed by atoms with Gasteiger partial charge in [0.05, 0.1) is 45.2 Å². The molecule has 0 aromatic carbocycles. The summed E-state index contributed by atoms with van der Waals surface area (Å²) in [6, 6.07) is 0. The normalized spacial score (nSPS) is 12.1. The first-order chi connectivity index (χ1) is 15.1. The summed E-state index contributed by atoms with van der Waals surface area (Å²) in [6.07, 6.45) is 6.10. The summed E-state index contributed by atoms with van der Waals surface area (Å²) in [5, 5.41) is 2.67. The van der Waals surface area contributed by atoms with E-state index in [1.807, 2.05) is 0 Å². The van der Waals surface area contributed by atoms with Crippen molar-refractivity contribution in [3.8, 4) is 0 Å². The number of carbonyl (C=O) groups is 1. The molecule has 0 aliphatic heterocycles. The van der Waals surface area contributed by atoms with Crippen molar-refractivity contribution < 1.29 is 47.9 Å². The van der Waals surface area contributed by atoms with E-state index >= 15 is 0 Å². The molecule has 0 fully saturated rings. The minimum absolute atomic E-state index is 0.000419. The maximum Gasteiger partial charge on any atom is 0.264 e. The molecule has 0 aromatic rings. The van der Waals surface area contributed by atoms with Crippen molar-refractivity contribution in [2.75, 3.05) is 71.5 Å². The molecule has 13 nitrogen and oxygen atoms in total. The average Bonchev–Trinajstić information content (AvgIpc) is 2.63. The van der Waals surface area contributed by atoms with Crippen molar-refractivity contribution in [1.29, 1.82) is 0 Å². The van der Waals surface area contributed by atoms with Crippen LogP contribution in [0.25, 0.3) is 0 Å². The second-order valence-electron chi connectivity index (χ2n) is 6.84. The van der Waals surface area contributed by atoms with Gasteiger partial charge in [-0.05, 0) is 25.7 Å². The maximum absolute atomic E-state index is 10.7. The van der Waals surface area contributed by atoms with E-state index in [1.54, 1.807) is 0 Å². The molecule has 0 aromatic heterocycles. The van der Waals surface area contributed by atoms with Gasteiger partial charge in [0.25, 0.3) is 20.2 Å². The summed E-state index contributed by atoms with van der Waals surface area (Å²) >= 11 is 0. The fourth-order valence-corrected chi connectivity index (χ4v) is 3.13. The maximum atomic E-state index is 10.7. The first-order valence-corrected chi connectivity index (χ1v) is 15.7. The minimum atomic E-state index is -3.40. The Kier molecular flexibility index (Phi) is 20.2. The van der Waals surface area contributed by atoms with Gasteiger partial charge in [-0.15, -0.1) is 0 Å². The van der Waals surface area contributed by atoms with Crippen LogP contribution in [-0.2, 0) is 52.9 Å². The predicted molar refractivity (Wildman–Crippen MR) is 123 cm³/mol. The van der Waals surface area contributed by atoms with Crippen molar-refractivity contribution >= 4 is 36.2 Å². The monoisotopic (exact) mass is 542 g/mol. The van der Waals surface area contributed by atoms with Gasteiger partial charge in [-0.2, -0.15) is 16.8 Å². The molecule has 0 saturated heterocycles. The van der Waals surface area contributed by atoms with Crippen molar-refractivity contribution in [2.24, 2.45) is 0 Å². The SMILES string of the molecule is CC(=O)NCCCCOCCOS(C)(=O)=O.CS(=O)(=O)NCCCCOCCOS(C)(=O)=O. The van der Waals surface area contributed by atoms with Crippen LogP contribution in [0.2, 0.25) is 0 Å². The van der Waals surface area contributed by atoms with Crippen molar-refractivity contribution in [3.05, 3.63) is 0 Å². The highest BCUT2D eigenvalue weighted by molar-refractivity contribution is 7.88. The molecule has 0 unspecified atom stereocenters. The topological polar surface area (TPSA) is 180 Å². The fraction of sp³-hybridized carbons (Fsp3) is 0.941. The van der Waals surface area contributed by atoms with E-state index in [2.05, 4.69) is 18.4 Å². The number of hydrogen-bond acceptors (Lipinski definition) is 11. The van der Waals surface area contributed by atoms with Gasteiger partial charge in [0.15, 0.2) is 0 Å². The first kappa shape index (κ1) is 34.3. The predicted octanol–water partition coefficient (Wildman–Crippen LogP) is -0.796. The molecule has 0 aliphatic carbocycles. The Labute approximate surface area is 198 Å². The minimum Gasteiger partial charge on any atom is -0.379 e. The van der Waals surface area contributed by atoms with Gasteiger partial charge < -0.3 is 14.8 Å². The third-order valence-electron chi connectivity index (χ3n) is 3.22. The number of hydrogen-bond donors (Lipinski definition) is 2. The highest BCUT2D eigenvalue weighted by Crippen LogP contribution is 1.92. The standard InChI is InChI=1S/C9H19NO5S.C8H19NO6S2/c1-9(11)10-5-3-4-6-14-7-8-15-16(2,12)13;1-16(10,11)9-5-3-4-6-14-7-8-15-17(2,12)13/h3-8H2,1-2H3,(H,10,11);9H,3-8H2,1-2H3. The molecular formula is C17H38N2O11S3. The Morgan fingerprint density at radius 2 is 1.06 bits per heavy atom. The summed E-state index contributed by atoms with van der Waals surface area (Å²) in [5.74, 6) is -0.0394. The number of unbranched alkanes of at least 4 members (excludes halogenated alkanes) is 2. The Morgan fingerprint density at radius 1 is 0.636 bits per heavy atom. The van der Waals surface area contributed by atoms with Crippen LogP contribution in [0.15, 0.2) is 0 Å². The molecule has 33 heavy (non-hydrogen) atoms. The van der Waals surface area contributed by atoms with Gasteiger partial charge >= 0.3 is 0 Å². The highest BCUT2D eigenvalue weighted by atomic mass is 32.2. The van der Waals surface area contributed by atoms with E-state index in [0.717, 1.165) is 31.6 Å². The van der Waals surface area contributed by atoms with Crippen LogP contribution in [0.3, 0.4) is 0 Å². The summed E-state index contributed by atoms with van der Waals surface area (Å²) in [7, 11) is -9.88. The van der Waals surface area contributed by atoms with Crippen LogP contribution in [0.4, 0.5) is 0 Å². The van der Waals surface area contributed by atoms with Crippen LogP contribution >= 0.6 is 0 Å². The fourth-order valence-electron chi connectivity index (χ4n) is 1.87. The van der Waals surface area contributed by atoms with Crippen molar-refractivity contribution in [2.45, 2.75) is 32.6 Å². The summed E-state index contributed by atoms with van der Waals surface area (Å²) in [5.41, 5.74) is 0. The van der Waals surface area contributed by atoms with Crippen molar-refractivity contribution in [1.82, 2.24) is 10.0 Å². The molecule has 0 aliphatic rings. The smallest absolute Gasteiger partial charge is 0.264 e. The van der Waals surface area contributed by atoms with Gasteiger partial charge in [-0.3, -0.25) is 13.2 Å². The zero-order chi connectivity index (χ0) is 25.8. The van der Waals surface area contributed by atoms with E-state index in [0.29, 0.717) is 39.1 Å². The van der Waals surface area contributed by atoms with Crippen LogP contribution in [-0.4, -0.2) is 103 Å². The second kappa shape index (κ2) is 19.4. The molecule has 200 valence electrons. The zero-order valence-corrected chi connectivity index (χ0v) is 22.2. The first-order valence-electron chi connectivity index (χ1n) is 10.2. The van der Waals surface area contributed by atoms with Crippen LogP contribution in [0.5, 0.6) is 0 Å². The van der Waals surface area contributed by atoms with E-state index in [9.17, 15) is 30.0 Å². The van der Waals surface area contributed by atoms with Crippen LogP contribution in [0, 0.1) is 0 Å². The molecule has 0 atom stereocenters. The molecule has 0 rings (SSSR count). The van der Waals surface area contributed by atoms with Gasteiger partial charge in [0.2, 0.25) is 15.9 Å². The lowest BCUT2D eigenvalue weighted by Gasteiger charge is -2.04. The Bertz CT molecular complexity index is 775. The van der Waals surface area contributed by atoms with Gasteiger partial charge in [-0.25, -0.2) is 13.1 Å². The summed E-state index contributed by atoms with van der Waals surface area (Å²) in [6.45, 7) is 3.97. The molecule has 0 spiro atoms. The van der Waals surface area contributed by atoms with Crippen molar-refractivity contribution in [3.63, 3.8) is 0 Å². The average molecular weight is 543 g/mol. The number of nitrogens with one attached hydrogen (secondary N) is 2. The highest BCUT2D eigenvalue weighted by Gasteiger charge is 2.02. The second-order valence-corrected chi connectivity index (χ2v) is 12.0. The largest absolute Gasteiger partial charge is 0.379 e. The summed E-state index contributed by atoms with van der Waals surface area (Å²) in [4.78, 5) is 10.5. The molecule has 0 saturated carbocycles. The molecule has 1 amide bonds. The molecule has 0 bridgehead atoms. The Morgan fingerprint density at radius 3 is 1.42 bits per heavy atom. The molecule has 16 heteroatoms. The van der Waals surface area contributed by atoms with E-state index < -0.39 is 30.3 Å². The zero-order valence-electron chi connectivity index (χ0n) is 19.7. The number of rotatable bonds is 19. The molecule has 0 heterocycles. The quantitative estimate of drug-likeness (QED) is 0.154. The van der Waals surface area contributed by atoms with E-state index in [4.69, 9.17) is 9.47 Å². The van der Waals surface area contributed by atoms with Crippen LogP contribution < -0.4 is 10.0 Å². The van der Waals surface area contributed by atoms with Gasteiger partial charge in [-0.1, -0.05) is 0 Å². The Balaban J connectivity index is 0. The lowest BCUT2D eigenvalue weighted by Crippen LogP contribution is -2.23. The van der Waals surface area contributed by atoms with Crippen LogP contribution in [0.1, 0.15) is 32.6 Å². The van der Waals surface area contributed by atoms with E-state index in [1.165, 1.54) is 6.92 Å². The van der Waals surface area contributed by atoms with E-state index in [-0.39, 0.29) is 32.3 Å². The lowest BCUT2D eigenvalue weighted by molar-refractivity contribution is -0.118. The third-order valence-corrected chi connectivity index (χ3v) is 5.14. The molecular weight excluding hydrogens is 504 g/mol. The van der Waals surface area contributed by atoms with Gasteiger partial charge in [0, 0.05) is 33.2 Å². The summed E-state index contributed by atoms with van der Waals surface area (Å²) < 4.78 is 85.1. The molecule has 0 radical (unpaired) electrons. The number of amides is 1. The third kappa shape index (κ3) is 38.7.